The van der Waals surface area contributed by atoms with Crippen molar-refractivity contribution in [2.45, 2.75) is 0 Å². The van der Waals surface area contributed by atoms with Crippen molar-refractivity contribution < 1.29 is 23.9 Å². The standard InChI is InChI=1S/C26H20BrN3O5S/c1-34-20-12-8-19(9-13-20)30-25(33)22(24(32)29-26(30)36)14-16-2-10-21(11-3-16)35-15-23(31)28-18-6-4-17(27)5-7-18/h2-14H,15H2,1H3,(H,28,31)(H,29,32,36)/b22-14-. The van der Waals surface area contributed by atoms with E-state index in [1.165, 1.54) is 11.0 Å². The van der Waals surface area contributed by atoms with Crippen molar-refractivity contribution in [1.29, 1.82) is 0 Å². The van der Waals surface area contributed by atoms with E-state index in [-0.39, 0.29) is 23.2 Å². The molecule has 0 bridgehead atoms. The molecule has 0 aliphatic carbocycles. The normalized spacial score (nSPS) is 14.4. The number of amides is 3. The lowest BCUT2D eigenvalue weighted by Gasteiger charge is -2.29. The largest absolute Gasteiger partial charge is 0.497 e. The number of anilines is 2. The number of carbonyl (C=O) groups excluding carboxylic acids is 3. The van der Waals surface area contributed by atoms with Crippen LogP contribution in [0.15, 0.2) is 82.8 Å². The molecule has 3 aromatic carbocycles. The van der Waals surface area contributed by atoms with Gasteiger partial charge in [0.2, 0.25) is 0 Å². The summed E-state index contributed by atoms with van der Waals surface area (Å²) in [7, 11) is 1.54. The molecular weight excluding hydrogens is 546 g/mol. The minimum atomic E-state index is -0.584. The minimum Gasteiger partial charge on any atom is -0.497 e. The first-order valence-corrected chi connectivity index (χ1v) is 11.9. The smallest absolute Gasteiger partial charge is 0.270 e. The van der Waals surface area contributed by atoms with Gasteiger partial charge in [0.05, 0.1) is 12.8 Å². The number of ether oxygens (including phenoxy) is 2. The molecule has 0 saturated carbocycles. The average Bonchev–Trinajstić information content (AvgIpc) is 2.87. The van der Waals surface area contributed by atoms with Gasteiger partial charge in [-0.05, 0) is 84.5 Å². The Hall–Kier alpha value is -4.02. The van der Waals surface area contributed by atoms with Crippen LogP contribution in [0.3, 0.4) is 0 Å². The van der Waals surface area contributed by atoms with Crippen LogP contribution in [-0.4, -0.2) is 36.6 Å². The summed E-state index contributed by atoms with van der Waals surface area (Å²) in [6, 6.07) is 20.6. The fourth-order valence-corrected chi connectivity index (χ4v) is 3.87. The summed E-state index contributed by atoms with van der Waals surface area (Å²) in [4.78, 5) is 39.0. The lowest BCUT2D eigenvalue weighted by Crippen LogP contribution is -2.54. The molecule has 10 heteroatoms. The number of benzene rings is 3. The summed E-state index contributed by atoms with van der Waals surface area (Å²) < 4.78 is 11.6. The summed E-state index contributed by atoms with van der Waals surface area (Å²) in [6.45, 7) is -0.175. The van der Waals surface area contributed by atoms with E-state index in [1.54, 1.807) is 67.8 Å². The fraction of sp³-hybridized carbons (Fsp3) is 0.0769. The third-order valence-electron chi connectivity index (χ3n) is 5.12. The summed E-state index contributed by atoms with van der Waals surface area (Å²) in [5.74, 6) is -0.341. The van der Waals surface area contributed by atoms with Crippen molar-refractivity contribution in [2.75, 3.05) is 23.9 Å². The van der Waals surface area contributed by atoms with E-state index in [2.05, 4.69) is 26.6 Å². The molecule has 3 aromatic rings. The highest BCUT2D eigenvalue weighted by molar-refractivity contribution is 9.10. The van der Waals surface area contributed by atoms with Gasteiger partial charge in [0.25, 0.3) is 17.7 Å². The van der Waals surface area contributed by atoms with Crippen LogP contribution in [0.1, 0.15) is 5.56 Å². The van der Waals surface area contributed by atoms with E-state index in [1.807, 2.05) is 12.1 Å². The SMILES string of the molecule is COc1ccc(N2C(=O)/C(=C\c3ccc(OCC(=O)Nc4ccc(Br)cc4)cc3)C(=O)NC2=S)cc1. The number of rotatable bonds is 7. The minimum absolute atomic E-state index is 0.00233. The number of nitrogens with zero attached hydrogens (tertiary/aromatic N) is 1. The maximum absolute atomic E-state index is 13.1. The number of thiocarbonyl (C=S) groups is 1. The Bertz CT molecular complexity index is 1340. The van der Waals surface area contributed by atoms with Crippen molar-refractivity contribution in [1.82, 2.24) is 5.32 Å². The van der Waals surface area contributed by atoms with E-state index in [9.17, 15) is 14.4 Å². The summed E-state index contributed by atoms with van der Waals surface area (Å²) in [6.07, 6.45) is 1.47. The summed E-state index contributed by atoms with van der Waals surface area (Å²) in [5.41, 5.74) is 1.69. The van der Waals surface area contributed by atoms with Crippen LogP contribution < -0.4 is 25.0 Å². The van der Waals surface area contributed by atoms with E-state index in [0.29, 0.717) is 28.4 Å². The third-order valence-corrected chi connectivity index (χ3v) is 5.93. The quantitative estimate of drug-likeness (QED) is 0.252. The van der Waals surface area contributed by atoms with Gasteiger partial charge in [0.1, 0.15) is 17.1 Å². The molecule has 8 nitrogen and oxygen atoms in total. The van der Waals surface area contributed by atoms with E-state index >= 15 is 0 Å². The molecule has 0 atom stereocenters. The Morgan fingerprint density at radius 3 is 2.28 bits per heavy atom. The lowest BCUT2D eigenvalue weighted by molar-refractivity contribution is -0.122. The molecular formula is C26H20BrN3O5S. The van der Waals surface area contributed by atoms with Gasteiger partial charge in [-0.1, -0.05) is 28.1 Å². The van der Waals surface area contributed by atoms with Crippen LogP contribution in [0.4, 0.5) is 11.4 Å². The van der Waals surface area contributed by atoms with Crippen molar-refractivity contribution in [2.24, 2.45) is 0 Å². The second kappa shape index (κ2) is 11.1. The Balaban J connectivity index is 1.42. The Labute approximate surface area is 221 Å². The Morgan fingerprint density at radius 1 is 1.00 bits per heavy atom. The van der Waals surface area contributed by atoms with Crippen molar-refractivity contribution in [3.05, 3.63) is 88.4 Å². The molecule has 1 saturated heterocycles. The number of halogens is 1. The van der Waals surface area contributed by atoms with Gasteiger partial charge in [-0.15, -0.1) is 0 Å². The average molecular weight is 566 g/mol. The van der Waals surface area contributed by atoms with Crippen LogP contribution in [-0.2, 0) is 14.4 Å². The van der Waals surface area contributed by atoms with E-state index in [4.69, 9.17) is 21.7 Å². The zero-order valence-corrected chi connectivity index (χ0v) is 21.4. The predicted molar refractivity (Wildman–Crippen MR) is 144 cm³/mol. The van der Waals surface area contributed by atoms with Gasteiger partial charge in [-0.2, -0.15) is 0 Å². The molecule has 1 fully saturated rings. The monoisotopic (exact) mass is 565 g/mol. The van der Waals surface area contributed by atoms with Crippen molar-refractivity contribution in [3.63, 3.8) is 0 Å². The van der Waals surface area contributed by atoms with Gasteiger partial charge in [0.15, 0.2) is 11.7 Å². The first kappa shape index (κ1) is 25.1. The van der Waals surface area contributed by atoms with Crippen LogP contribution >= 0.6 is 28.1 Å². The molecule has 36 heavy (non-hydrogen) atoms. The molecule has 3 amide bonds. The first-order chi connectivity index (χ1) is 17.3. The molecule has 1 aliphatic heterocycles. The maximum Gasteiger partial charge on any atom is 0.270 e. The van der Waals surface area contributed by atoms with Crippen LogP contribution in [0.5, 0.6) is 11.5 Å². The van der Waals surface area contributed by atoms with Gasteiger partial charge >= 0.3 is 0 Å². The van der Waals surface area contributed by atoms with Crippen LogP contribution in [0.25, 0.3) is 6.08 Å². The summed E-state index contributed by atoms with van der Waals surface area (Å²) >= 11 is 8.56. The first-order valence-electron chi connectivity index (χ1n) is 10.7. The zero-order chi connectivity index (χ0) is 25.7. The van der Waals surface area contributed by atoms with Crippen LogP contribution in [0.2, 0.25) is 0 Å². The molecule has 182 valence electrons. The number of hydrogen-bond acceptors (Lipinski definition) is 6. The molecule has 2 N–H and O–H groups in total. The maximum atomic E-state index is 13.1. The van der Waals surface area contributed by atoms with Crippen molar-refractivity contribution >= 4 is 68.4 Å². The number of nitrogens with one attached hydrogen (secondary N) is 2. The second-order valence-corrected chi connectivity index (χ2v) is 8.87. The van der Waals surface area contributed by atoms with Gasteiger partial charge in [-0.3, -0.25) is 24.6 Å². The molecule has 0 aromatic heterocycles. The number of hydrogen-bond donors (Lipinski definition) is 2. The molecule has 0 unspecified atom stereocenters. The molecule has 0 radical (unpaired) electrons. The molecule has 1 aliphatic rings. The van der Waals surface area contributed by atoms with Gasteiger partial charge in [-0.25, -0.2) is 0 Å². The van der Waals surface area contributed by atoms with Gasteiger partial charge < -0.3 is 14.8 Å². The highest BCUT2D eigenvalue weighted by atomic mass is 79.9. The lowest BCUT2D eigenvalue weighted by atomic mass is 10.1. The Morgan fingerprint density at radius 2 is 1.64 bits per heavy atom. The highest BCUT2D eigenvalue weighted by Crippen LogP contribution is 2.25. The second-order valence-electron chi connectivity index (χ2n) is 7.57. The molecule has 4 rings (SSSR count). The van der Waals surface area contributed by atoms with Crippen LogP contribution in [0, 0.1) is 0 Å². The summed E-state index contributed by atoms with van der Waals surface area (Å²) in [5, 5.41) is 5.29. The van der Waals surface area contributed by atoms with E-state index in [0.717, 1.165) is 4.47 Å². The number of methoxy groups -OCH3 is 1. The highest BCUT2D eigenvalue weighted by Gasteiger charge is 2.34. The zero-order valence-electron chi connectivity index (χ0n) is 19.0. The molecule has 0 spiro atoms. The third kappa shape index (κ3) is 5.96. The Kier molecular flexibility index (Phi) is 7.77. The van der Waals surface area contributed by atoms with Gasteiger partial charge in [0, 0.05) is 10.2 Å². The van der Waals surface area contributed by atoms with E-state index < -0.39 is 11.8 Å². The predicted octanol–water partition coefficient (Wildman–Crippen LogP) is 4.31. The van der Waals surface area contributed by atoms with Crippen molar-refractivity contribution in [3.8, 4) is 11.5 Å². The molecule has 1 heterocycles. The number of carbonyl (C=O) groups is 3. The fourth-order valence-electron chi connectivity index (χ4n) is 3.33. The topological polar surface area (TPSA) is 97.0 Å².